The second kappa shape index (κ2) is 9.89. The third-order valence-electron chi connectivity index (χ3n) is 4.96. The molecule has 33 heavy (non-hydrogen) atoms. The molecule has 2 aromatic carbocycles. The van der Waals surface area contributed by atoms with Gasteiger partial charge < -0.3 is 9.64 Å². The van der Waals surface area contributed by atoms with E-state index in [1.165, 1.54) is 52.5 Å². The van der Waals surface area contributed by atoms with Gasteiger partial charge in [-0.2, -0.15) is 4.31 Å². The molecule has 2 aromatic rings. The van der Waals surface area contributed by atoms with Crippen LogP contribution in [-0.4, -0.2) is 76.5 Å². The Balaban J connectivity index is 1.58. The first-order valence-electron chi connectivity index (χ1n) is 10.1. The summed E-state index contributed by atoms with van der Waals surface area (Å²) < 4.78 is 57.0. The number of benzene rings is 2. The van der Waals surface area contributed by atoms with Crippen LogP contribution in [0.3, 0.4) is 0 Å². The molecule has 178 valence electrons. The smallest absolute Gasteiger partial charge is 0.338 e. The van der Waals surface area contributed by atoms with E-state index in [0.29, 0.717) is 0 Å². The van der Waals surface area contributed by atoms with Gasteiger partial charge in [0.1, 0.15) is 0 Å². The molecule has 0 unspecified atom stereocenters. The van der Waals surface area contributed by atoms with Crippen LogP contribution in [0.1, 0.15) is 17.3 Å². The molecule has 1 aliphatic rings. The van der Waals surface area contributed by atoms with Gasteiger partial charge in [0, 0.05) is 31.9 Å². The summed E-state index contributed by atoms with van der Waals surface area (Å²) in [5.41, 5.74) is 0.281. The normalized spacial score (nSPS) is 16.1. The lowest BCUT2D eigenvalue weighted by Crippen LogP contribution is -2.52. The summed E-state index contributed by atoms with van der Waals surface area (Å²) >= 11 is 0. The maximum absolute atomic E-state index is 12.7. The van der Waals surface area contributed by atoms with E-state index in [4.69, 9.17) is 4.74 Å². The van der Waals surface area contributed by atoms with Crippen LogP contribution in [0.4, 0.5) is 5.69 Å². The van der Waals surface area contributed by atoms with Crippen LogP contribution in [0.25, 0.3) is 0 Å². The summed E-state index contributed by atoms with van der Waals surface area (Å²) in [6.45, 7) is 2.03. The summed E-state index contributed by atoms with van der Waals surface area (Å²) in [6.07, 6.45) is -0.106. The van der Waals surface area contributed by atoms with E-state index in [2.05, 4.69) is 4.72 Å². The number of carbonyl (C=O) groups excluding carboxylic acids is 2. The first-order valence-corrected chi connectivity index (χ1v) is 13.4. The van der Waals surface area contributed by atoms with E-state index < -0.39 is 38.0 Å². The largest absolute Gasteiger partial charge is 0.449 e. The van der Waals surface area contributed by atoms with Crippen molar-refractivity contribution in [1.82, 2.24) is 9.21 Å². The standard InChI is InChI=1S/C21H25N3O7S2/c1-16(31-21(26)17-7-6-8-18(15-17)22-32(2,27)28)20(25)23-11-13-24(14-12-23)33(29,30)19-9-4-3-5-10-19/h3-10,15-16,22H,11-14H2,1-2H3/t16-/m0/s1. The van der Waals surface area contributed by atoms with Crippen molar-refractivity contribution in [3.05, 3.63) is 60.2 Å². The molecule has 0 bridgehead atoms. The zero-order valence-electron chi connectivity index (χ0n) is 18.2. The molecule has 1 atom stereocenters. The number of nitrogens with zero attached hydrogens (tertiary/aromatic N) is 2. The SMILES string of the molecule is C[C@H](OC(=O)c1cccc(NS(C)(=O)=O)c1)C(=O)N1CCN(S(=O)(=O)c2ccccc2)CC1. The van der Waals surface area contributed by atoms with Gasteiger partial charge in [0.15, 0.2) is 6.10 Å². The average Bonchev–Trinajstić information content (AvgIpc) is 2.78. The van der Waals surface area contributed by atoms with Gasteiger partial charge >= 0.3 is 5.97 Å². The molecule has 12 heteroatoms. The molecule has 1 heterocycles. The van der Waals surface area contributed by atoms with Crippen LogP contribution in [-0.2, 0) is 29.6 Å². The minimum Gasteiger partial charge on any atom is -0.449 e. The van der Waals surface area contributed by atoms with E-state index in [-0.39, 0.29) is 42.3 Å². The molecule has 0 saturated carbocycles. The van der Waals surface area contributed by atoms with Gasteiger partial charge in [0.2, 0.25) is 20.0 Å². The van der Waals surface area contributed by atoms with Crippen molar-refractivity contribution in [2.45, 2.75) is 17.9 Å². The van der Waals surface area contributed by atoms with Gasteiger partial charge in [-0.1, -0.05) is 24.3 Å². The van der Waals surface area contributed by atoms with Gasteiger partial charge in [-0.25, -0.2) is 21.6 Å². The zero-order valence-corrected chi connectivity index (χ0v) is 19.8. The lowest BCUT2D eigenvalue weighted by atomic mass is 10.2. The predicted octanol–water partition coefficient (Wildman–Crippen LogP) is 1.14. The highest BCUT2D eigenvalue weighted by atomic mass is 32.2. The highest BCUT2D eigenvalue weighted by molar-refractivity contribution is 7.92. The second-order valence-corrected chi connectivity index (χ2v) is 11.2. The fraction of sp³-hybridized carbons (Fsp3) is 0.333. The van der Waals surface area contributed by atoms with Crippen molar-refractivity contribution in [2.75, 3.05) is 37.2 Å². The zero-order chi connectivity index (χ0) is 24.2. The first-order chi connectivity index (χ1) is 15.5. The van der Waals surface area contributed by atoms with Crippen molar-refractivity contribution < 1.29 is 31.2 Å². The van der Waals surface area contributed by atoms with Gasteiger partial charge in [-0.05, 0) is 37.3 Å². The Morgan fingerprint density at radius 1 is 0.939 bits per heavy atom. The molecule has 1 aliphatic heterocycles. The second-order valence-electron chi connectivity index (χ2n) is 7.54. The van der Waals surface area contributed by atoms with Crippen LogP contribution < -0.4 is 4.72 Å². The number of amides is 1. The monoisotopic (exact) mass is 495 g/mol. The molecular weight excluding hydrogens is 470 g/mol. The number of ether oxygens (including phenoxy) is 1. The van der Waals surface area contributed by atoms with Crippen LogP contribution in [0, 0.1) is 0 Å². The van der Waals surface area contributed by atoms with Crippen LogP contribution in [0.2, 0.25) is 0 Å². The lowest BCUT2D eigenvalue weighted by molar-refractivity contribution is -0.141. The van der Waals surface area contributed by atoms with Crippen LogP contribution in [0.5, 0.6) is 0 Å². The quantitative estimate of drug-likeness (QED) is 0.570. The fourth-order valence-corrected chi connectivity index (χ4v) is 5.35. The molecule has 0 spiro atoms. The summed E-state index contributed by atoms with van der Waals surface area (Å²) in [7, 11) is -7.16. The molecule has 10 nitrogen and oxygen atoms in total. The number of hydrogen-bond acceptors (Lipinski definition) is 7. The molecule has 0 aliphatic carbocycles. The number of piperazine rings is 1. The minimum absolute atomic E-state index is 0.0853. The van der Waals surface area contributed by atoms with E-state index in [1.807, 2.05) is 0 Å². The number of nitrogens with one attached hydrogen (secondary N) is 1. The summed E-state index contributed by atoms with van der Waals surface area (Å²) in [4.78, 5) is 26.8. The molecule has 0 radical (unpaired) electrons. The average molecular weight is 496 g/mol. The topological polar surface area (TPSA) is 130 Å². The molecule has 0 aromatic heterocycles. The highest BCUT2D eigenvalue weighted by Crippen LogP contribution is 2.18. The van der Waals surface area contributed by atoms with E-state index in [9.17, 15) is 26.4 Å². The van der Waals surface area contributed by atoms with Crippen molar-refractivity contribution in [3.8, 4) is 0 Å². The van der Waals surface area contributed by atoms with Crippen molar-refractivity contribution >= 4 is 37.6 Å². The van der Waals surface area contributed by atoms with Gasteiger partial charge in [0.25, 0.3) is 5.91 Å². The third-order valence-corrected chi connectivity index (χ3v) is 7.48. The summed E-state index contributed by atoms with van der Waals surface area (Å²) in [6, 6.07) is 13.8. The molecular formula is C21H25N3O7S2. The minimum atomic E-state index is -3.64. The summed E-state index contributed by atoms with van der Waals surface area (Å²) in [5, 5.41) is 0. The molecule has 1 N–H and O–H groups in total. The number of carbonyl (C=O) groups is 2. The Kier molecular flexibility index (Phi) is 7.40. The van der Waals surface area contributed by atoms with Crippen LogP contribution >= 0.6 is 0 Å². The molecule has 1 saturated heterocycles. The van der Waals surface area contributed by atoms with Crippen molar-refractivity contribution in [3.63, 3.8) is 0 Å². The molecule has 1 fully saturated rings. The van der Waals surface area contributed by atoms with E-state index >= 15 is 0 Å². The number of hydrogen-bond donors (Lipinski definition) is 1. The Morgan fingerprint density at radius 2 is 1.58 bits per heavy atom. The first kappa shape index (κ1) is 24.7. The van der Waals surface area contributed by atoms with Crippen molar-refractivity contribution in [2.24, 2.45) is 0 Å². The number of esters is 1. The predicted molar refractivity (Wildman–Crippen MR) is 122 cm³/mol. The van der Waals surface area contributed by atoms with E-state index in [1.54, 1.807) is 18.2 Å². The Bertz CT molecular complexity index is 1220. The fourth-order valence-electron chi connectivity index (χ4n) is 3.35. The van der Waals surface area contributed by atoms with Gasteiger partial charge in [0.05, 0.1) is 16.7 Å². The lowest BCUT2D eigenvalue weighted by Gasteiger charge is -2.35. The highest BCUT2D eigenvalue weighted by Gasteiger charge is 2.32. The van der Waals surface area contributed by atoms with Gasteiger partial charge in [-0.3, -0.25) is 9.52 Å². The Hall–Kier alpha value is -2.96. The van der Waals surface area contributed by atoms with Crippen molar-refractivity contribution in [1.29, 1.82) is 0 Å². The number of rotatable bonds is 7. The maximum Gasteiger partial charge on any atom is 0.338 e. The Morgan fingerprint density at radius 3 is 2.18 bits per heavy atom. The molecule has 1 amide bonds. The maximum atomic E-state index is 12.7. The van der Waals surface area contributed by atoms with Crippen LogP contribution in [0.15, 0.2) is 59.5 Å². The van der Waals surface area contributed by atoms with E-state index in [0.717, 1.165) is 6.26 Å². The number of sulfonamides is 2. The third kappa shape index (κ3) is 6.30. The van der Waals surface area contributed by atoms with Gasteiger partial charge in [-0.15, -0.1) is 0 Å². The molecule has 3 rings (SSSR count). The summed E-state index contributed by atoms with van der Waals surface area (Å²) in [5.74, 6) is -1.22. The number of anilines is 1. The Labute approximate surface area is 193 Å².